The van der Waals surface area contributed by atoms with Crippen LogP contribution in [-0.2, 0) is 28.5 Å². The normalized spacial score (nSPS) is 22.0. The number of carbonyl (C=O) groups is 2. The summed E-state index contributed by atoms with van der Waals surface area (Å²) in [6, 6.07) is 0. The summed E-state index contributed by atoms with van der Waals surface area (Å²) in [5, 5.41) is 39.8. The lowest BCUT2D eigenvalue weighted by Gasteiger charge is -2.39. The second-order valence-corrected chi connectivity index (χ2v) is 13.0. The summed E-state index contributed by atoms with van der Waals surface area (Å²) in [5.74, 6) is -0.821. The molecule has 276 valence electrons. The van der Waals surface area contributed by atoms with E-state index in [-0.39, 0.29) is 32.0 Å². The molecule has 1 aliphatic rings. The lowest BCUT2D eigenvalue weighted by Crippen LogP contribution is -2.59. The molecular formula is C37H68O10. The van der Waals surface area contributed by atoms with Gasteiger partial charge in [0.2, 0.25) is 0 Å². The van der Waals surface area contributed by atoms with Gasteiger partial charge in [-0.2, -0.15) is 0 Å². The van der Waals surface area contributed by atoms with Gasteiger partial charge >= 0.3 is 11.9 Å². The quantitative estimate of drug-likeness (QED) is 0.0381. The van der Waals surface area contributed by atoms with E-state index in [0.29, 0.717) is 6.42 Å². The average molecular weight is 673 g/mol. The zero-order valence-electron chi connectivity index (χ0n) is 29.5. The molecule has 0 spiro atoms. The highest BCUT2D eigenvalue weighted by atomic mass is 16.7. The van der Waals surface area contributed by atoms with Crippen LogP contribution in [0.2, 0.25) is 0 Å². The highest BCUT2D eigenvalue weighted by Gasteiger charge is 2.44. The van der Waals surface area contributed by atoms with Crippen molar-refractivity contribution in [2.45, 2.75) is 192 Å². The maximum absolute atomic E-state index is 12.6. The predicted molar refractivity (Wildman–Crippen MR) is 183 cm³/mol. The number of unbranched alkanes of at least 4 members (excludes halogenated alkanes) is 17. The maximum Gasteiger partial charge on any atom is 0.306 e. The van der Waals surface area contributed by atoms with Gasteiger partial charge in [0.25, 0.3) is 0 Å². The Kier molecular flexibility index (Phi) is 27.2. The molecule has 1 saturated heterocycles. The van der Waals surface area contributed by atoms with Crippen molar-refractivity contribution in [2.24, 2.45) is 0 Å². The third-order valence-corrected chi connectivity index (χ3v) is 8.65. The van der Waals surface area contributed by atoms with Crippen LogP contribution < -0.4 is 0 Å². The number of allylic oxidation sites excluding steroid dienone is 2. The Morgan fingerprint density at radius 2 is 1.13 bits per heavy atom. The summed E-state index contributed by atoms with van der Waals surface area (Å²) in [7, 11) is 0. The Bertz CT molecular complexity index is 789. The summed E-state index contributed by atoms with van der Waals surface area (Å²) in [6.07, 6.45) is 19.6. The molecule has 10 nitrogen and oxygen atoms in total. The Labute approximate surface area is 284 Å². The molecule has 1 fully saturated rings. The molecule has 0 aromatic heterocycles. The van der Waals surface area contributed by atoms with Crippen molar-refractivity contribution in [2.75, 3.05) is 19.8 Å². The van der Waals surface area contributed by atoms with Gasteiger partial charge < -0.3 is 39.4 Å². The van der Waals surface area contributed by atoms with Crippen LogP contribution in [0, 0.1) is 0 Å². The Morgan fingerprint density at radius 3 is 1.66 bits per heavy atom. The third-order valence-electron chi connectivity index (χ3n) is 8.65. The number of esters is 2. The first-order valence-electron chi connectivity index (χ1n) is 18.8. The van der Waals surface area contributed by atoms with Crippen molar-refractivity contribution in [1.82, 2.24) is 0 Å². The molecule has 10 heteroatoms. The molecule has 0 amide bonds. The van der Waals surface area contributed by atoms with Crippen molar-refractivity contribution in [3.8, 4) is 0 Å². The number of rotatable bonds is 30. The van der Waals surface area contributed by atoms with E-state index >= 15 is 0 Å². The molecule has 0 bridgehead atoms. The largest absolute Gasteiger partial charge is 0.462 e. The van der Waals surface area contributed by atoms with Crippen LogP contribution in [0.15, 0.2) is 12.2 Å². The molecule has 2 unspecified atom stereocenters. The molecule has 6 atom stereocenters. The molecule has 0 aromatic carbocycles. The van der Waals surface area contributed by atoms with Crippen molar-refractivity contribution in [3.63, 3.8) is 0 Å². The zero-order valence-corrected chi connectivity index (χ0v) is 29.5. The van der Waals surface area contributed by atoms with E-state index in [1.165, 1.54) is 64.2 Å². The fourth-order valence-corrected chi connectivity index (χ4v) is 5.59. The Hall–Kier alpha value is -1.56. The number of hydrogen-bond acceptors (Lipinski definition) is 10. The lowest BCUT2D eigenvalue weighted by atomic mass is 9.99. The third kappa shape index (κ3) is 21.9. The minimum Gasteiger partial charge on any atom is -0.462 e. The minimum atomic E-state index is -1.59. The fourth-order valence-electron chi connectivity index (χ4n) is 5.59. The molecule has 1 rings (SSSR count). The van der Waals surface area contributed by atoms with Gasteiger partial charge in [-0.1, -0.05) is 116 Å². The van der Waals surface area contributed by atoms with Gasteiger partial charge in [-0.15, -0.1) is 0 Å². The van der Waals surface area contributed by atoms with Gasteiger partial charge in [-0.25, -0.2) is 0 Å². The highest BCUT2D eigenvalue weighted by molar-refractivity contribution is 5.70. The summed E-state index contributed by atoms with van der Waals surface area (Å²) in [5.41, 5.74) is 0. The van der Waals surface area contributed by atoms with Crippen LogP contribution in [0.3, 0.4) is 0 Å². The van der Waals surface area contributed by atoms with Crippen molar-refractivity contribution in [1.29, 1.82) is 0 Å². The molecule has 1 heterocycles. The molecule has 0 aliphatic carbocycles. The van der Waals surface area contributed by atoms with E-state index in [1.54, 1.807) is 0 Å². The molecule has 0 saturated carbocycles. The van der Waals surface area contributed by atoms with Gasteiger partial charge in [0.1, 0.15) is 31.0 Å². The summed E-state index contributed by atoms with van der Waals surface area (Å²) >= 11 is 0. The fraction of sp³-hybridized carbons (Fsp3) is 0.892. The SMILES string of the molecule is CCCCCCCC/C=C/CCCCCCCC(=O)OC[C@@H](CO[C@H]1O[C@@H](CO)[C@@H](O)C(O)C1O)OC(=O)CCCCCCCCC. The van der Waals surface area contributed by atoms with Gasteiger partial charge in [-0.05, 0) is 38.5 Å². The summed E-state index contributed by atoms with van der Waals surface area (Å²) in [4.78, 5) is 25.0. The van der Waals surface area contributed by atoms with Gasteiger partial charge in [0.15, 0.2) is 12.4 Å². The first kappa shape index (κ1) is 43.5. The second kappa shape index (κ2) is 29.4. The van der Waals surface area contributed by atoms with E-state index < -0.39 is 49.4 Å². The van der Waals surface area contributed by atoms with Gasteiger partial charge in [-0.3, -0.25) is 9.59 Å². The van der Waals surface area contributed by atoms with Crippen LogP contribution in [0.4, 0.5) is 0 Å². The molecule has 0 radical (unpaired) electrons. The minimum absolute atomic E-state index is 0.218. The highest BCUT2D eigenvalue weighted by Crippen LogP contribution is 2.22. The number of ether oxygens (including phenoxy) is 4. The van der Waals surface area contributed by atoms with Gasteiger partial charge in [0, 0.05) is 12.8 Å². The van der Waals surface area contributed by atoms with Crippen molar-refractivity contribution in [3.05, 3.63) is 12.2 Å². The predicted octanol–water partition coefficient (Wildman–Crippen LogP) is 6.44. The Balaban J connectivity index is 2.36. The standard InChI is InChI=1S/C37H68O10/c1-3-5-7-9-11-12-13-14-15-16-17-18-20-21-23-25-32(39)44-28-30(46-33(40)26-24-22-19-10-8-6-4-2)29-45-37-36(43)35(42)34(41)31(27-38)47-37/h14-15,30-31,34-38,41-43H,3-13,16-29H2,1-2H3/b15-14+/t30-,31-,34+,35?,36?,37-/m0/s1. The van der Waals surface area contributed by atoms with Crippen LogP contribution in [-0.4, -0.2) is 89.0 Å². The number of aliphatic hydroxyl groups is 4. The first-order chi connectivity index (χ1) is 22.8. The number of carbonyl (C=O) groups excluding carboxylic acids is 2. The Morgan fingerprint density at radius 1 is 0.638 bits per heavy atom. The van der Waals surface area contributed by atoms with Crippen molar-refractivity contribution < 1.29 is 49.0 Å². The summed E-state index contributed by atoms with van der Waals surface area (Å²) < 4.78 is 21.9. The monoisotopic (exact) mass is 672 g/mol. The van der Waals surface area contributed by atoms with Crippen molar-refractivity contribution >= 4 is 11.9 Å². The van der Waals surface area contributed by atoms with E-state index in [1.807, 2.05) is 0 Å². The first-order valence-corrected chi connectivity index (χ1v) is 18.8. The molecule has 4 N–H and O–H groups in total. The molecule has 47 heavy (non-hydrogen) atoms. The van der Waals surface area contributed by atoms with E-state index in [9.17, 15) is 30.0 Å². The zero-order chi connectivity index (χ0) is 34.5. The summed E-state index contributed by atoms with van der Waals surface area (Å²) in [6.45, 7) is 3.34. The van der Waals surface area contributed by atoms with Gasteiger partial charge in [0.05, 0.1) is 13.2 Å². The van der Waals surface area contributed by atoms with Crippen LogP contribution in [0.5, 0.6) is 0 Å². The van der Waals surface area contributed by atoms with Crippen LogP contribution >= 0.6 is 0 Å². The van der Waals surface area contributed by atoms with E-state index in [2.05, 4.69) is 26.0 Å². The van der Waals surface area contributed by atoms with Crippen LogP contribution in [0.1, 0.15) is 155 Å². The second-order valence-electron chi connectivity index (χ2n) is 13.0. The number of hydrogen-bond donors (Lipinski definition) is 4. The molecule has 1 aliphatic heterocycles. The van der Waals surface area contributed by atoms with E-state index in [0.717, 1.165) is 57.8 Å². The van der Waals surface area contributed by atoms with E-state index in [4.69, 9.17) is 18.9 Å². The van der Waals surface area contributed by atoms with Crippen LogP contribution in [0.25, 0.3) is 0 Å². The average Bonchev–Trinajstić information content (AvgIpc) is 3.06. The lowest BCUT2D eigenvalue weighted by molar-refractivity contribution is -0.305. The smallest absolute Gasteiger partial charge is 0.306 e. The maximum atomic E-state index is 12.6. The number of aliphatic hydroxyl groups excluding tert-OH is 4. The topological polar surface area (TPSA) is 152 Å². The molecular weight excluding hydrogens is 604 g/mol. The molecule has 0 aromatic rings.